The molecule has 0 fully saturated rings. The fourth-order valence-electron chi connectivity index (χ4n) is 2.50. The van der Waals surface area contributed by atoms with Crippen molar-refractivity contribution in [2.45, 2.75) is 45.2 Å². The van der Waals surface area contributed by atoms with Crippen molar-refractivity contribution in [3.63, 3.8) is 0 Å². The fraction of sp³-hybridized carbons (Fsp3) is 0.533. The summed E-state index contributed by atoms with van der Waals surface area (Å²) in [6.45, 7) is 2.42. The first-order valence-corrected chi connectivity index (χ1v) is 6.61. The van der Waals surface area contributed by atoms with Crippen LogP contribution in [0, 0.1) is 0 Å². The van der Waals surface area contributed by atoms with Crippen LogP contribution in [0.3, 0.4) is 0 Å². The summed E-state index contributed by atoms with van der Waals surface area (Å²) in [7, 11) is 1.86. The van der Waals surface area contributed by atoms with Gasteiger partial charge in [-0.1, -0.05) is 18.2 Å². The van der Waals surface area contributed by atoms with Crippen LogP contribution in [0.5, 0.6) is 0 Å². The molecule has 3 heteroatoms. The standard InChI is InChI=1S/C15H21NO2/c1-11(15(17)18)16(2)10-12-7-8-13-5-3-4-6-14(13)9-12/h7-9,11H,3-6,10H2,1-2H3,(H,17,18). The molecule has 1 aromatic rings. The molecule has 1 aliphatic carbocycles. The third kappa shape index (κ3) is 2.91. The SMILES string of the molecule is CC(C(=O)O)N(C)Cc1ccc2c(c1)CCCC2. The molecule has 0 saturated heterocycles. The predicted molar refractivity (Wildman–Crippen MR) is 71.6 cm³/mol. The van der Waals surface area contributed by atoms with E-state index in [4.69, 9.17) is 5.11 Å². The number of rotatable bonds is 4. The van der Waals surface area contributed by atoms with Gasteiger partial charge in [0.25, 0.3) is 0 Å². The number of hydrogen-bond acceptors (Lipinski definition) is 2. The number of likely N-dealkylation sites (N-methyl/N-ethyl adjacent to an activating group) is 1. The average Bonchev–Trinajstić information content (AvgIpc) is 2.37. The minimum atomic E-state index is -0.768. The Labute approximate surface area is 108 Å². The van der Waals surface area contributed by atoms with Crippen LogP contribution >= 0.6 is 0 Å². The lowest BCUT2D eigenvalue weighted by atomic mass is 9.90. The summed E-state index contributed by atoms with van der Waals surface area (Å²) in [5.41, 5.74) is 4.14. The van der Waals surface area contributed by atoms with Crippen LogP contribution in [0.1, 0.15) is 36.5 Å². The Bertz CT molecular complexity index is 442. The lowest BCUT2D eigenvalue weighted by Crippen LogP contribution is -2.35. The van der Waals surface area contributed by atoms with E-state index in [-0.39, 0.29) is 0 Å². The fourth-order valence-corrected chi connectivity index (χ4v) is 2.50. The van der Waals surface area contributed by atoms with Gasteiger partial charge in [0, 0.05) is 6.54 Å². The Balaban J connectivity index is 2.08. The zero-order chi connectivity index (χ0) is 13.1. The minimum absolute atomic E-state index is 0.443. The van der Waals surface area contributed by atoms with E-state index in [9.17, 15) is 4.79 Å². The van der Waals surface area contributed by atoms with Gasteiger partial charge in [-0.3, -0.25) is 9.69 Å². The first kappa shape index (κ1) is 13.1. The van der Waals surface area contributed by atoms with Gasteiger partial charge in [-0.15, -0.1) is 0 Å². The van der Waals surface area contributed by atoms with E-state index in [0.717, 1.165) is 0 Å². The quantitative estimate of drug-likeness (QED) is 0.888. The average molecular weight is 247 g/mol. The van der Waals surface area contributed by atoms with E-state index in [0.29, 0.717) is 6.54 Å². The molecule has 1 aliphatic rings. The molecule has 0 heterocycles. The van der Waals surface area contributed by atoms with Crippen molar-refractivity contribution in [3.8, 4) is 0 Å². The van der Waals surface area contributed by atoms with Crippen LogP contribution in [-0.4, -0.2) is 29.1 Å². The summed E-state index contributed by atoms with van der Waals surface area (Å²) in [4.78, 5) is 12.8. The molecule has 0 aromatic heterocycles. The largest absolute Gasteiger partial charge is 0.480 e. The molecule has 18 heavy (non-hydrogen) atoms. The third-order valence-electron chi connectivity index (χ3n) is 3.86. The molecule has 1 aromatic carbocycles. The topological polar surface area (TPSA) is 40.5 Å². The number of fused-ring (bicyclic) bond motifs is 1. The van der Waals surface area contributed by atoms with Gasteiger partial charge in [-0.05, 0) is 56.3 Å². The molecule has 0 amide bonds. The highest BCUT2D eigenvalue weighted by molar-refractivity contribution is 5.72. The first-order chi connectivity index (χ1) is 8.58. The summed E-state index contributed by atoms with van der Waals surface area (Å²) in [5.74, 6) is -0.768. The third-order valence-corrected chi connectivity index (χ3v) is 3.86. The molecular weight excluding hydrogens is 226 g/mol. The van der Waals surface area contributed by atoms with E-state index in [1.807, 2.05) is 11.9 Å². The van der Waals surface area contributed by atoms with Crippen LogP contribution < -0.4 is 0 Å². The van der Waals surface area contributed by atoms with E-state index >= 15 is 0 Å². The summed E-state index contributed by atoms with van der Waals surface area (Å²) in [5, 5.41) is 8.98. The van der Waals surface area contributed by atoms with Crippen molar-refractivity contribution < 1.29 is 9.90 Å². The number of carbonyl (C=O) groups is 1. The van der Waals surface area contributed by atoms with E-state index in [1.54, 1.807) is 6.92 Å². The van der Waals surface area contributed by atoms with Crippen molar-refractivity contribution in [2.24, 2.45) is 0 Å². The molecule has 0 aliphatic heterocycles. The van der Waals surface area contributed by atoms with Gasteiger partial charge < -0.3 is 5.11 Å². The molecule has 1 atom stereocenters. The zero-order valence-electron chi connectivity index (χ0n) is 11.1. The van der Waals surface area contributed by atoms with Gasteiger partial charge >= 0.3 is 5.97 Å². The molecule has 3 nitrogen and oxygen atoms in total. The first-order valence-electron chi connectivity index (χ1n) is 6.61. The molecular formula is C15H21NO2. The molecule has 98 valence electrons. The zero-order valence-corrected chi connectivity index (χ0v) is 11.1. The maximum Gasteiger partial charge on any atom is 0.320 e. The second-order valence-corrected chi connectivity index (χ2v) is 5.24. The maximum absolute atomic E-state index is 10.9. The second kappa shape index (κ2) is 5.53. The van der Waals surface area contributed by atoms with Gasteiger partial charge in [0.05, 0.1) is 0 Å². The summed E-state index contributed by atoms with van der Waals surface area (Å²) in [6, 6.07) is 6.15. The van der Waals surface area contributed by atoms with Crippen LogP contribution in [0.4, 0.5) is 0 Å². The van der Waals surface area contributed by atoms with Crippen molar-refractivity contribution in [2.75, 3.05) is 7.05 Å². The Morgan fingerprint density at radius 2 is 2.00 bits per heavy atom. The maximum atomic E-state index is 10.9. The van der Waals surface area contributed by atoms with Crippen molar-refractivity contribution >= 4 is 5.97 Å². The summed E-state index contributed by atoms with van der Waals surface area (Å²) in [6.07, 6.45) is 4.93. The molecule has 1 N–H and O–H groups in total. The highest BCUT2D eigenvalue weighted by Crippen LogP contribution is 2.22. The van der Waals surface area contributed by atoms with Crippen molar-refractivity contribution in [1.29, 1.82) is 0 Å². The number of carboxylic acid groups (broad SMARTS) is 1. The highest BCUT2D eigenvalue weighted by Gasteiger charge is 2.17. The van der Waals surface area contributed by atoms with Crippen LogP contribution in [-0.2, 0) is 24.2 Å². The molecule has 0 spiro atoms. The van der Waals surface area contributed by atoms with Crippen LogP contribution in [0.2, 0.25) is 0 Å². The summed E-state index contributed by atoms with van der Waals surface area (Å²) >= 11 is 0. The number of aryl methyl sites for hydroxylation is 2. The van der Waals surface area contributed by atoms with Crippen molar-refractivity contribution in [1.82, 2.24) is 4.90 Å². The van der Waals surface area contributed by atoms with E-state index in [1.165, 1.54) is 42.4 Å². The molecule has 0 bridgehead atoms. The number of carboxylic acids is 1. The van der Waals surface area contributed by atoms with E-state index < -0.39 is 12.0 Å². The molecule has 1 unspecified atom stereocenters. The summed E-state index contributed by atoms with van der Waals surface area (Å²) < 4.78 is 0. The molecule has 0 radical (unpaired) electrons. The Hall–Kier alpha value is -1.35. The number of aliphatic carboxylic acids is 1. The lowest BCUT2D eigenvalue weighted by molar-refractivity contribution is -0.142. The van der Waals surface area contributed by atoms with Gasteiger partial charge in [0.15, 0.2) is 0 Å². The molecule has 2 rings (SSSR count). The van der Waals surface area contributed by atoms with Gasteiger partial charge in [-0.25, -0.2) is 0 Å². The van der Waals surface area contributed by atoms with Gasteiger partial charge in [0.2, 0.25) is 0 Å². The van der Waals surface area contributed by atoms with Crippen molar-refractivity contribution in [3.05, 3.63) is 34.9 Å². The van der Waals surface area contributed by atoms with E-state index in [2.05, 4.69) is 18.2 Å². The number of benzene rings is 1. The Morgan fingerprint density at radius 3 is 2.67 bits per heavy atom. The normalized spacial score (nSPS) is 16.4. The Morgan fingerprint density at radius 1 is 1.33 bits per heavy atom. The number of hydrogen-bond donors (Lipinski definition) is 1. The number of nitrogens with zero attached hydrogens (tertiary/aromatic N) is 1. The smallest absolute Gasteiger partial charge is 0.320 e. The molecule has 0 saturated carbocycles. The second-order valence-electron chi connectivity index (χ2n) is 5.24. The van der Waals surface area contributed by atoms with Crippen LogP contribution in [0.25, 0.3) is 0 Å². The van der Waals surface area contributed by atoms with Gasteiger partial charge in [-0.2, -0.15) is 0 Å². The monoisotopic (exact) mass is 247 g/mol. The minimum Gasteiger partial charge on any atom is -0.480 e. The Kier molecular flexibility index (Phi) is 4.02. The lowest BCUT2D eigenvalue weighted by Gasteiger charge is -2.22. The predicted octanol–water partition coefficient (Wildman–Crippen LogP) is 2.47. The highest BCUT2D eigenvalue weighted by atomic mass is 16.4. The van der Waals surface area contributed by atoms with Crippen LogP contribution in [0.15, 0.2) is 18.2 Å². The van der Waals surface area contributed by atoms with Gasteiger partial charge in [0.1, 0.15) is 6.04 Å².